The molecule has 3 nitrogen and oxygen atoms in total. The molecule has 2 N–H and O–H groups in total. The predicted molar refractivity (Wildman–Crippen MR) is 130 cm³/mol. The Balaban J connectivity index is 1.64. The summed E-state index contributed by atoms with van der Waals surface area (Å²) in [7, 11) is 0. The summed E-state index contributed by atoms with van der Waals surface area (Å²) in [4.78, 5) is 4.92. The van der Waals surface area contributed by atoms with Crippen LogP contribution in [0.4, 0.5) is 0 Å². The van der Waals surface area contributed by atoms with Gasteiger partial charge in [-0.25, -0.2) is 0 Å². The molecule has 0 unspecified atom stereocenters. The number of aromatic hydroxyl groups is 1. The Kier molecular flexibility index (Phi) is 7.02. The standard InChI is InChI=1S/C25H27N2OPSe/c28-25-18-10-7-11-20(25)19-26-23-16-8-9-17-24(23)27-29(30,21-12-3-1-4-13-21)22-14-5-2-6-15-22/h1-7,10-15,18-19,23-24,28H,8-9,16-17H2,(H,27,30)/t23-,24-/m1/s1. The van der Waals surface area contributed by atoms with Gasteiger partial charge in [0.2, 0.25) is 0 Å². The summed E-state index contributed by atoms with van der Waals surface area (Å²) >= 11 is 3.58. The van der Waals surface area contributed by atoms with Crippen LogP contribution in [0.5, 0.6) is 5.75 Å². The van der Waals surface area contributed by atoms with Crippen molar-refractivity contribution < 1.29 is 5.11 Å². The Labute approximate surface area is 186 Å². The molecular formula is C25H27N2OPSe. The number of aliphatic imine (C=N–C) groups is 1. The molecule has 30 heavy (non-hydrogen) atoms. The number of hydrogen-bond acceptors (Lipinski definition) is 3. The van der Waals surface area contributed by atoms with Crippen LogP contribution in [0.25, 0.3) is 0 Å². The van der Waals surface area contributed by atoms with E-state index in [2.05, 4.69) is 80.8 Å². The second-order valence-electron chi connectivity index (χ2n) is 7.70. The van der Waals surface area contributed by atoms with Crippen LogP contribution in [-0.4, -0.2) is 38.5 Å². The quantitative estimate of drug-likeness (QED) is 0.312. The molecule has 1 aliphatic rings. The second kappa shape index (κ2) is 9.90. The van der Waals surface area contributed by atoms with E-state index < -0.39 is 5.66 Å². The zero-order valence-corrected chi connectivity index (χ0v) is 19.5. The van der Waals surface area contributed by atoms with Gasteiger partial charge in [0.25, 0.3) is 0 Å². The van der Waals surface area contributed by atoms with Gasteiger partial charge >= 0.3 is 187 Å². The maximum atomic E-state index is 10.1. The molecule has 0 radical (unpaired) electrons. The number of rotatable bonds is 6. The molecule has 1 saturated carbocycles. The van der Waals surface area contributed by atoms with Gasteiger partial charge in [0.15, 0.2) is 0 Å². The summed E-state index contributed by atoms with van der Waals surface area (Å²) in [5, 5.41) is 16.7. The third-order valence-corrected chi connectivity index (χ3v) is 11.7. The fraction of sp³-hybridized carbons (Fsp3) is 0.240. The SMILES string of the molecule is Oc1ccccc1C=N[C@@H]1CCCC[C@H]1NP(=[Se])(c1ccccc1)c1ccccc1. The zero-order chi connectivity index (χ0) is 20.8. The van der Waals surface area contributed by atoms with Gasteiger partial charge < -0.3 is 0 Å². The number of phenolic OH excluding ortho intramolecular Hbond substituents is 1. The van der Waals surface area contributed by atoms with E-state index in [9.17, 15) is 5.11 Å². The normalized spacial score (nSPS) is 19.7. The van der Waals surface area contributed by atoms with Gasteiger partial charge in [-0.3, -0.25) is 0 Å². The fourth-order valence-corrected chi connectivity index (χ4v) is 8.95. The molecule has 0 aliphatic heterocycles. The Morgan fingerprint density at radius 3 is 2.03 bits per heavy atom. The van der Waals surface area contributed by atoms with Gasteiger partial charge in [0.05, 0.1) is 0 Å². The summed E-state index contributed by atoms with van der Waals surface area (Å²) in [6.45, 7) is 0. The zero-order valence-electron chi connectivity index (χ0n) is 16.9. The summed E-state index contributed by atoms with van der Waals surface area (Å²) in [5.41, 5.74) is -1.11. The van der Waals surface area contributed by atoms with Crippen molar-refractivity contribution in [2.45, 2.75) is 37.8 Å². The number of para-hydroxylation sites is 1. The monoisotopic (exact) mass is 482 g/mol. The molecule has 3 aromatic carbocycles. The minimum atomic E-state index is -1.88. The molecular weight excluding hydrogens is 454 g/mol. The topological polar surface area (TPSA) is 44.6 Å². The van der Waals surface area contributed by atoms with E-state index in [1.165, 1.54) is 23.5 Å². The molecule has 0 saturated heterocycles. The van der Waals surface area contributed by atoms with Crippen molar-refractivity contribution in [3.63, 3.8) is 0 Å². The van der Waals surface area contributed by atoms with Gasteiger partial charge in [0.1, 0.15) is 0 Å². The first kappa shape index (κ1) is 21.3. The minimum absolute atomic E-state index is 0.193. The van der Waals surface area contributed by atoms with E-state index in [0.29, 0.717) is 0 Å². The first-order chi connectivity index (χ1) is 14.7. The molecule has 0 bridgehead atoms. The van der Waals surface area contributed by atoms with E-state index >= 15 is 0 Å². The van der Waals surface area contributed by atoms with Crippen molar-refractivity contribution >= 4 is 37.6 Å². The molecule has 4 rings (SSSR count). The third-order valence-electron chi connectivity index (χ3n) is 5.66. The van der Waals surface area contributed by atoms with Crippen molar-refractivity contribution in [3.8, 4) is 5.75 Å². The van der Waals surface area contributed by atoms with Crippen LogP contribution in [0.15, 0.2) is 89.9 Å². The number of phenols is 1. The molecule has 0 spiro atoms. The first-order valence-corrected chi connectivity index (χ1v) is 14.5. The fourth-order valence-electron chi connectivity index (χ4n) is 4.02. The summed E-state index contributed by atoms with van der Waals surface area (Å²) in [5.74, 6) is 0.279. The molecule has 3 aromatic rings. The number of hydrogen-bond donors (Lipinski definition) is 2. The maximum absolute atomic E-state index is 10.1. The molecule has 0 aromatic heterocycles. The Hall–Kier alpha value is -1.96. The summed E-state index contributed by atoms with van der Waals surface area (Å²) in [6.07, 6.45) is 6.40. The number of nitrogens with zero attached hydrogens (tertiary/aromatic N) is 1. The van der Waals surface area contributed by atoms with E-state index in [4.69, 9.17) is 4.99 Å². The van der Waals surface area contributed by atoms with Gasteiger partial charge in [-0.2, -0.15) is 0 Å². The molecule has 1 fully saturated rings. The van der Waals surface area contributed by atoms with Crippen LogP contribution in [-0.2, 0) is 0 Å². The molecule has 0 heterocycles. The van der Waals surface area contributed by atoms with Crippen LogP contribution < -0.4 is 15.7 Å². The number of benzene rings is 3. The van der Waals surface area contributed by atoms with Gasteiger partial charge in [0, 0.05) is 0 Å². The van der Waals surface area contributed by atoms with Crippen LogP contribution >= 0.6 is 5.66 Å². The average Bonchev–Trinajstić information content (AvgIpc) is 2.80. The third kappa shape index (κ3) is 4.85. The molecule has 154 valence electrons. The van der Waals surface area contributed by atoms with Gasteiger partial charge in [-0.05, 0) is 0 Å². The average molecular weight is 481 g/mol. The van der Waals surface area contributed by atoms with Crippen molar-refractivity contribution in [1.29, 1.82) is 0 Å². The van der Waals surface area contributed by atoms with Crippen molar-refractivity contribution in [1.82, 2.24) is 5.09 Å². The number of nitrogens with one attached hydrogen (secondary N) is 1. The van der Waals surface area contributed by atoms with Gasteiger partial charge in [-0.15, -0.1) is 0 Å². The Morgan fingerprint density at radius 2 is 1.40 bits per heavy atom. The van der Waals surface area contributed by atoms with Crippen LogP contribution in [0.3, 0.4) is 0 Å². The molecule has 2 atom stereocenters. The summed E-state index contributed by atoms with van der Waals surface area (Å²) in [6, 6.07) is 29.3. The van der Waals surface area contributed by atoms with Crippen LogP contribution in [0.2, 0.25) is 0 Å². The molecule has 5 heteroatoms. The molecule has 1 aliphatic carbocycles. The van der Waals surface area contributed by atoms with E-state index in [1.54, 1.807) is 6.07 Å². The van der Waals surface area contributed by atoms with Crippen molar-refractivity contribution in [2.75, 3.05) is 0 Å². The summed E-state index contributed by atoms with van der Waals surface area (Å²) < 4.78 is 0. The second-order valence-corrected chi connectivity index (χ2v) is 13.7. The van der Waals surface area contributed by atoms with Crippen LogP contribution in [0, 0.1) is 0 Å². The van der Waals surface area contributed by atoms with Gasteiger partial charge in [-0.1, -0.05) is 0 Å². The van der Waals surface area contributed by atoms with E-state index in [0.717, 1.165) is 18.4 Å². The van der Waals surface area contributed by atoms with Crippen LogP contribution in [0.1, 0.15) is 31.2 Å². The first-order valence-electron chi connectivity index (χ1n) is 10.5. The van der Waals surface area contributed by atoms with Crippen molar-refractivity contribution in [2.24, 2.45) is 4.99 Å². The van der Waals surface area contributed by atoms with E-state index in [-0.39, 0.29) is 17.8 Å². The predicted octanol–water partition coefficient (Wildman–Crippen LogP) is 4.38. The molecule has 0 amide bonds. The Bertz CT molecular complexity index is 996. The van der Waals surface area contributed by atoms with Crippen molar-refractivity contribution in [3.05, 3.63) is 90.5 Å². The van der Waals surface area contributed by atoms with E-state index in [1.807, 2.05) is 24.4 Å². The Morgan fingerprint density at radius 1 is 0.833 bits per heavy atom.